The quantitative estimate of drug-likeness (QED) is 0.733. The maximum Gasteiger partial charge on any atom is 0.408 e. The maximum absolute atomic E-state index is 14.0. The van der Waals surface area contributed by atoms with Gasteiger partial charge in [-0.2, -0.15) is 18.2 Å². The lowest BCUT2D eigenvalue weighted by Gasteiger charge is -2.49. The Balaban J connectivity index is 1.56. The van der Waals surface area contributed by atoms with E-state index in [1.165, 1.54) is 15.5 Å². The molecule has 0 radical (unpaired) electrons. The minimum Gasteiger partial charge on any atom is -0.377 e. The van der Waals surface area contributed by atoms with E-state index in [1.807, 2.05) is 11.8 Å². The third-order valence-electron chi connectivity index (χ3n) is 6.95. The molecule has 1 unspecified atom stereocenters. The number of halogens is 3. The largest absolute Gasteiger partial charge is 0.408 e. The summed E-state index contributed by atoms with van der Waals surface area (Å²) in [7, 11) is 0. The van der Waals surface area contributed by atoms with Crippen LogP contribution in [-0.2, 0) is 16.0 Å². The minimum atomic E-state index is -4.40. The number of morpholine rings is 1. The van der Waals surface area contributed by atoms with Crippen molar-refractivity contribution in [1.82, 2.24) is 9.55 Å². The Morgan fingerprint density at radius 2 is 2.00 bits per heavy atom. The van der Waals surface area contributed by atoms with Crippen molar-refractivity contribution in [3.8, 4) is 0 Å². The zero-order chi connectivity index (χ0) is 21.1. The number of hydrogen-bond acceptors (Lipinski definition) is 6. The van der Waals surface area contributed by atoms with Crippen LogP contribution >= 0.6 is 0 Å². The number of alkyl halides is 3. The van der Waals surface area contributed by atoms with Crippen molar-refractivity contribution in [3.63, 3.8) is 0 Å². The Morgan fingerprint density at radius 3 is 2.60 bits per heavy atom. The second-order valence-corrected chi connectivity index (χ2v) is 8.93. The van der Waals surface area contributed by atoms with E-state index in [1.54, 1.807) is 0 Å². The first-order valence-corrected chi connectivity index (χ1v) is 10.7. The summed E-state index contributed by atoms with van der Waals surface area (Å²) in [6.07, 6.45) is -1.85. The van der Waals surface area contributed by atoms with Gasteiger partial charge in [0.2, 0.25) is 5.95 Å². The molecule has 1 saturated carbocycles. The van der Waals surface area contributed by atoms with E-state index in [0.717, 1.165) is 19.3 Å². The molecular formula is C20H27F3N4O3. The normalized spacial score (nSPS) is 32.0. The van der Waals surface area contributed by atoms with Crippen molar-refractivity contribution in [2.45, 2.75) is 63.0 Å². The summed E-state index contributed by atoms with van der Waals surface area (Å²) in [6, 6.07) is -0.230. The van der Waals surface area contributed by atoms with Crippen LogP contribution in [0.2, 0.25) is 0 Å². The highest BCUT2D eigenvalue weighted by molar-refractivity contribution is 5.48. The second-order valence-electron chi connectivity index (χ2n) is 8.93. The lowest BCUT2D eigenvalue weighted by molar-refractivity contribution is -0.173. The first-order chi connectivity index (χ1) is 14.3. The summed E-state index contributed by atoms with van der Waals surface area (Å²) in [4.78, 5) is 20.7. The summed E-state index contributed by atoms with van der Waals surface area (Å²) >= 11 is 0. The highest BCUT2D eigenvalue weighted by Crippen LogP contribution is 2.50. The standard InChI is InChI=1S/C20H27F3N4O3/c1-13-11-29-9-7-25(13)16-10-17(28)26-6-4-15(20(21,22)23)27(18(26)24-16)12-19(5-8-30-19)14-2-3-14/h10,13-15H,2-9,11-12H2,1H3/t13-,15?,19-/m1/s1. The van der Waals surface area contributed by atoms with Gasteiger partial charge in [0.1, 0.15) is 11.9 Å². The average molecular weight is 428 g/mol. The van der Waals surface area contributed by atoms with Crippen molar-refractivity contribution >= 4 is 11.8 Å². The van der Waals surface area contributed by atoms with Gasteiger partial charge in [-0.3, -0.25) is 9.36 Å². The molecule has 3 aliphatic heterocycles. The van der Waals surface area contributed by atoms with Crippen LogP contribution in [0.25, 0.3) is 0 Å². The second kappa shape index (κ2) is 7.12. The SMILES string of the molecule is C[C@@H]1COCCN1c1cc(=O)n2c(n1)N(C[C@@]1(C3CC3)CCO1)C(C(F)(F)F)CC2. The molecule has 0 spiro atoms. The van der Waals surface area contributed by atoms with Crippen LogP contribution in [0, 0.1) is 5.92 Å². The minimum absolute atomic E-state index is 0.00285. The molecule has 0 amide bonds. The van der Waals surface area contributed by atoms with E-state index in [9.17, 15) is 18.0 Å². The molecule has 30 heavy (non-hydrogen) atoms. The molecule has 3 fully saturated rings. The summed E-state index contributed by atoms with van der Waals surface area (Å²) < 4.78 is 54.7. The predicted molar refractivity (Wildman–Crippen MR) is 104 cm³/mol. The summed E-state index contributed by atoms with van der Waals surface area (Å²) in [5.74, 6) is 0.829. The van der Waals surface area contributed by atoms with Crippen molar-refractivity contribution < 1.29 is 22.6 Å². The molecule has 0 N–H and O–H groups in total. The zero-order valence-corrected chi connectivity index (χ0v) is 17.0. The third kappa shape index (κ3) is 3.37. The van der Waals surface area contributed by atoms with Gasteiger partial charge in [-0.1, -0.05) is 0 Å². The molecule has 1 aromatic heterocycles. The Labute approximate surface area is 172 Å². The fraction of sp³-hybridized carbons (Fsp3) is 0.800. The van der Waals surface area contributed by atoms with Gasteiger partial charge in [0.25, 0.3) is 5.56 Å². The van der Waals surface area contributed by atoms with Gasteiger partial charge in [0, 0.05) is 25.6 Å². The van der Waals surface area contributed by atoms with Gasteiger partial charge in [-0.15, -0.1) is 0 Å². The number of rotatable bonds is 4. The summed E-state index contributed by atoms with van der Waals surface area (Å²) in [6.45, 7) is 4.21. The average Bonchev–Trinajstić information content (AvgIpc) is 3.49. The highest BCUT2D eigenvalue weighted by Gasteiger charge is 2.55. The fourth-order valence-corrected chi connectivity index (χ4v) is 5.03. The van der Waals surface area contributed by atoms with Crippen LogP contribution < -0.4 is 15.4 Å². The lowest BCUT2D eigenvalue weighted by Crippen LogP contribution is -2.61. The molecule has 1 aromatic rings. The maximum atomic E-state index is 14.0. The van der Waals surface area contributed by atoms with E-state index in [2.05, 4.69) is 4.98 Å². The topological polar surface area (TPSA) is 59.8 Å². The molecular weight excluding hydrogens is 401 g/mol. The molecule has 0 bridgehead atoms. The van der Waals surface area contributed by atoms with Crippen LogP contribution in [0.1, 0.15) is 32.6 Å². The molecule has 166 valence electrons. The van der Waals surface area contributed by atoms with Crippen LogP contribution in [-0.4, -0.2) is 66.3 Å². The van der Waals surface area contributed by atoms with Gasteiger partial charge >= 0.3 is 6.18 Å². The Bertz CT molecular complexity index is 866. The van der Waals surface area contributed by atoms with Gasteiger partial charge < -0.3 is 19.3 Å². The van der Waals surface area contributed by atoms with Crippen LogP contribution in [0.4, 0.5) is 24.9 Å². The van der Waals surface area contributed by atoms with Crippen molar-refractivity contribution in [2.24, 2.45) is 5.92 Å². The van der Waals surface area contributed by atoms with Gasteiger partial charge in [0.15, 0.2) is 0 Å². The smallest absolute Gasteiger partial charge is 0.377 e. The van der Waals surface area contributed by atoms with E-state index in [-0.39, 0.29) is 37.1 Å². The number of anilines is 2. The predicted octanol–water partition coefficient (Wildman–Crippen LogP) is 2.18. The molecule has 7 nitrogen and oxygen atoms in total. The van der Waals surface area contributed by atoms with Gasteiger partial charge in [-0.25, -0.2) is 0 Å². The monoisotopic (exact) mass is 428 g/mol. The molecule has 0 aromatic carbocycles. The molecule has 4 aliphatic rings. The van der Waals surface area contributed by atoms with Gasteiger partial charge in [-0.05, 0) is 32.1 Å². The number of fused-ring (bicyclic) bond motifs is 1. The van der Waals surface area contributed by atoms with E-state index in [0.29, 0.717) is 38.1 Å². The fourth-order valence-electron chi connectivity index (χ4n) is 5.03. The molecule has 10 heteroatoms. The zero-order valence-electron chi connectivity index (χ0n) is 17.0. The lowest BCUT2D eigenvalue weighted by atomic mass is 9.87. The summed E-state index contributed by atoms with van der Waals surface area (Å²) in [5.41, 5.74) is -0.861. The van der Waals surface area contributed by atoms with Crippen LogP contribution in [0.15, 0.2) is 10.9 Å². The van der Waals surface area contributed by atoms with E-state index >= 15 is 0 Å². The number of nitrogens with zero attached hydrogens (tertiary/aromatic N) is 4. The molecule has 3 atom stereocenters. The Kier molecular flexibility index (Phi) is 4.77. The first-order valence-electron chi connectivity index (χ1n) is 10.7. The number of hydrogen-bond donors (Lipinski definition) is 0. The van der Waals surface area contributed by atoms with Gasteiger partial charge in [0.05, 0.1) is 38.0 Å². The van der Waals surface area contributed by atoms with Crippen LogP contribution in [0.3, 0.4) is 0 Å². The van der Waals surface area contributed by atoms with E-state index in [4.69, 9.17) is 9.47 Å². The highest BCUT2D eigenvalue weighted by atomic mass is 19.4. The molecule has 2 saturated heterocycles. The number of aromatic nitrogens is 2. The van der Waals surface area contributed by atoms with E-state index < -0.39 is 17.8 Å². The Morgan fingerprint density at radius 1 is 1.23 bits per heavy atom. The third-order valence-corrected chi connectivity index (χ3v) is 6.95. The molecule has 4 heterocycles. The summed E-state index contributed by atoms with van der Waals surface area (Å²) in [5, 5.41) is 0. The molecule has 5 rings (SSSR count). The Hall–Kier alpha value is -1.81. The van der Waals surface area contributed by atoms with Crippen molar-refractivity contribution in [3.05, 3.63) is 16.4 Å². The molecule has 1 aliphatic carbocycles. The number of ether oxygens (including phenoxy) is 2. The van der Waals surface area contributed by atoms with Crippen LogP contribution in [0.5, 0.6) is 0 Å². The van der Waals surface area contributed by atoms with Crippen molar-refractivity contribution in [2.75, 3.05) is 42.7 Å². The van der Waals surface area contributed by atoms with Crippen molar-refractivity contribution in [1.29, 1.82) is 0 Å². The first kappa shape index (κ1) is 20.1.